The lowest BCUT2D eigenvalue weighted by molar-refractivity contribution is -0.879. The molecular formula is C49H41Cl2N15O18S6. The van der Waals surface area contributed by atoms with Crippen LogP contribution < -0.4 is 20.9 Å². The molecule has 0 bridgehead atoms. The number of phenolic OH excluding ortho intramolecular Hbond substituents is 2. The number of hydrogen-bond donors (Lipinski definition) is 10. The molecule has 0 aliphatic carbocycles. The zero-order chi connectivity index (χ0) is 64.3. The number of quaternary nitrogens is 1. The number of rotatable bonds is 23. The molecule has 0 spiro atoms. The Hall–Kier alpha value is -7.62. The summed E-state index contributed by atoms with van der Waals surface area (Å²) in [7, 11) is -14.8. The standard InChI is InChI=1S/C49H41Cl2N15O18S6/c1-24-5-4-6-31-29(24)11-12-33(43(31)87-83-81-71)62-64-40-37(90(78,79)84-85)21-25-19-27(9-10-30(25)41(40)67)53-47-57-45(51)58-49(60-47)65-14-17-66(69,18-15-65)16-13-52-46-55-44(50)56-48(59-46)54-34-23-28(86-82-80-70)20-26-22-36(89(75,76)77)39(42(68)38(26)34)63-61-32-7-2-3-8-35(32)88(72,73)74/h2-12,19-23,67-68,70-71,85H,13-18H2,1H3,(H,72,73,74)(H,75,76,77)(H,53,57,58,60)(H2,52,54,55,56,59). The van der Waals surface area contributed by atoms with E-state index >= 15 is 0 Å². The first-order chi connectivity index (χ1) is 42.8. The molecule has 0 saturated carbocycles. The molecule has 2 aromatic heterocycles. The van der Waals surface area contributed by atoms with Gasteiger partial charge in [-0.25, -0.2) is 10.5 Å². The minimum absolute atomic E-state index is 0.00981. The molecule has 0 amide bonds. The minimum atomic E-state index is -5.21. The summed E-state index contributed by atoms with van der Waals surface area (Å²) < 4.78 is 109. The van der Waals surface area contributed by atoms with Crippen molar-refractivity contribution in [3.8, 4) is 11.5 Å². The summed E-state index contributed by atoms with van der Waals surface area (Å²) in [6.07, 6.45) is 0. The van der Waals surface area contributed by atoms with Crippen LogP contribution in [0.4, 0.5) is 57.9 Å². The summed E-state index contributed by atoms with van der Waals surface area (Å²) in [4.78, 5) is 25.3. The van der Waals surface area contributed by atoms with Crippen molar-refractivity contribution in [2.75, 3.05) is 60.1 Å². The van der Waals surface area contributed by atoms with E-state index in [1.165, 1.54) is 48.5 Å². The number of hydrogen-bond acceptors (Lipinski definition) is 33. The first kappa shape index (κ1) is 65.3. The number of aromatic hydroxyl groups is 2. The van der Waals surface area contributed by atoms with Crippen LogP contribution in [0.25, 0.3) is 32.3 Å². The van der Waals surface area contributed by atoms with E-state index in [4.69, 9.17) is 38.1 Å². The molecule has 0 unspecified atom stereocenters. The number of nitrogens with one attached hydrogen (secondary N) is 3. The minimum Gasteiger partial charge on any atom is -0.633 e. The second-order valence-electron chi connectivity index (χ2n) is 18.9. The van der Waals surface area contributed by atoms with Crippen LogP contribution in [0.2, 0.25) is 10.6 Å². The van der Waals surface area contributed by atoms with Crippen LogP contribution in [0.15, 0.2) is 142 Å². The van der Waals surface area contributed by atoms with Crippen molar-refractivity contribution in [3.63, 3.8) is 0 Å². The van der Waals surface area contributed by atoms with Crippen LogP contribution in [0.5, 0.6) is 11.5 Å². The van der Waals surface area contributed by atoms with Gasteiger partial charge in [-0.3, -0.25) is 9.11 Å². The third kappa shape index (κ3) is 14.7. The SMILES string of the molecule is Cc1cccc2c(SOOO)c(N=Nc3c(S(=O)(=O)OS)cc4cc(Nc5nc(Cl)nc(N6CC[N+]([O-])(CCNc7nc(Cl)nc(Nc8cc(SOOO)cc9cc(S(=O)(=O)O)c(N=Nc%10ccccc%10S(=O)(=O)O)c(O)c89)n7)CC6)n5)ccc4c3O)ccc12. The van der Waals surface area contributed by atoms with Gasteiger partial charge >= 0.3 is 10.1 Å². The first-order valence-electron chi connectivity index (χ1n) is 25.2. The van der Waals surface area contributed by atoms with Gasteiger partial charge in [0.2, 0.25) is 34.4 Å². The molecule has 33 nitrogen and oxygen atoms in total. The molecule has 1 saturated heterocycles. The summed E-state index contributed by atoms with van der Waals surface area (Å²) >= 11 is 17.3. The fraction of sp³-hybridized carbons (Fsp3) is 0.143. The number of nitrogens with zero attached hydrogens (tertiary/aromatic N) is 12. The average Bonchev–Trinajstić information content (AvgIpc) is 0.818. The van der Waals surface area contributed by atoms with E-state index in [1.807, 2.05) is 13.0 Å². The summed E-state index contributed by atoms with van der Waals surface area (Å²) in [5, 5.41) is 88.2. The number of benzene rings is 7. The molecule has 3 heterocycles. The number of fused-ring (bicyclic) bond motifs is 3. The Bertz CT molecular complexity index is 4720. The van der Waals surface area contributed by atoms with Gasteiger partial charge in [0.25, 0.3) is 20.2 Å². The predicted octanol–water partition coefficient (Wildman–Crippen LogP) is 11.0. The van der Waals surface area contributed by atoms with E-state index in [9.17, 15) is 49.8 Å². The summed E-state index contributed by atoms with van der Waals surface area (Å²) in [6, 6.07) is 22.6. The van der Waals surface area contributed by atoms with Crippen molar-refractivity contribution in [2.24, 2.45) is 20.5 Å². The van der Waals surface area contributed by atoms with E-state index in [0.717, 1.165) is 29.1 Å². The quantitative estimate of drug-likeness (QED) is 0.00415. The fourth-order valence-electron chi connectivity index (χ4n) is 9.26. The highest BCUT2D eigenvalue weighted by Crippen LogP contribution is 2.48. The van der Waals surface area contributed by atoms with Gasteiger partial charge < -0.3 is 40.9 Å². The van der Waals surface area contributed by atoms with Crippen molar-refractivity contribution < 1.29 is 82.1 Å². The number of hydroxylamine groups is 3. The maximum absolute atomic E-state index is 14.1. The number of aryl methyl sites for hydroxylation is 1. The Kier molecular flexibility index (Phi) is 19.6. The summed E-state index contributed by atoms with van der Waals surface area (Å²) in [6.45, 7) is 2.23. The molecule has 1 aliphatic heterocycles. The lowest BCUT2D eigenvalue weighted by atomic mass is 10.1. The van der Waals surface area contributed by atoms with Crippen LogP contribution in [-0.2, 0) is 52.7 Å². The molecule has 7 aromatic carbocycles. The zero-order valence-corrected chi connectivity index (χ0v) is 51.7. The van der Waals surface area contributed by atoms with Gasteiger partial charge in [0.15, 0.2) is 11.5 Å². The number of anilines is 6. The topological polar surface area (TPSA) is 459 Å². The van der Waals surface area contributed by atoms with Gasteiger partial charge in [0, 0.05) is 26.7 Å². The first-order valence-corrected chi connectivity index (χ1v) is 32.1. The Morgan fingerprint density at radius 2 is 1.31 bits per heavy atom. The Balaban J connectivity index is 0.829. The molecule has 9 aromatic rings. The molecule has 10 rings (SSSR count). The zero-order valence-electron chi connectivity index (χ0n) is 45.2. The van der Waals surface area contributed by atoms with Crippen LogP contribution in [0.1, 0.15) is 5.56 Å². The summed E-state index contributed by atoms with van der Waals surface area (Å²) in [5.41, 5.74) is -0.566. The second kappa shape index (κ2) is 27.1. The van der Waals surface area contributed by atoms with Crippen LogP contribution in [-0.4, -0.2) is 129 Å². The van der Waals surface area contributed by atoms with Crippen LogP contribution >= 0.6 is 60.2 Å². The molecule has 0 radical (unpaired) electrons. The lowest BCUT2D eigenvalue weighted by Gasteiger charge is -2.48. The number of aromatic nitrogens is 6. The molecule has 470 valence electrons. The maximum Gasteiger partial charge on any atom is 0.309 e. The van der Waals surface area contributed by atoms with Crippen LogP contribution in [0.3, 0.4) is 0 Å². The Labute approximate surface area is 531 Å². The third-order valence-corrected chi connectivity index (χ3v) is 18.4. The molecule has 1 aliphatic rings. The highest BCUT2D eigenvalue weighted by molar-refractivity contribution is 7.96. The largest absolute Gasteiger partial charge is 0.633 e. The molecule has 41 heteroatoms. The van der Waals surface area contributed by atoms with Crippen molar-refractivity contribution in [3.05, 3.63) is 118 Å². The third-order valence-electron chi connectivity index (χ3n) is 13.3. The van der Waals surface area contributed by atoms with Crippen LogP contribution in [0, 0.1) is 12.1 Å². The number of halogens is 2. The predicted molar refractivity (Wildman–Crippen MR) is 328 cm³/mol. The fourth-order valence-corrected chi connectivity index (χ4v) is 12.8. The maximum atomic E-state index is 14.1. The molecule has 90 heavy (non-hydrogen) atoms. The van der Waals surface area contributed by atoms with E-state index in [-0.39, 0.29) is 111 Å². The molecule has 1 fully saturated rings. The van der Waals surface area contributed by atoms with Gasteiger partial charge in [-0.05, 0) is 125 Å². The van der Waals surface area contributed by atoms with E-state index < -0.39 is 78.2 Å². The number of azo groups is 2. The Morgan fingerprint density at radius 3 is 2.02 bits per heavy atom. The second-order valence-corrected chi connectivity index (χ2v) is 25.8. The van der Waals surface area contributed by atoms with E-state index in [2.05, 4.69) is 97.3 Å². The normalized spacial score (nSPS) is 13.9. The van der Waals surface area contributed by atoms with Gasteiger partial charge in [-0.1, -0.05) is 46.5 Å². The van der Waals surface area contributed by atoms with Gasteiger partial charge in [0.05, 0.1) is 73.9 Å². The highest BCUT2D eigenvalue weighted by atomic mass is 35.5. The van der Waals surface area contributed by atoms with Crippen molar-refractivity contribution in [1.82, 2.24) is 29.9 Å². The molecular weight excluding hydrogens is 1350 g/mol. The van der Waals surface area contributed by atoms with E-state index in [0.29, 0.717) is 40.1 Å². The molecule has 0 atom stereocenters. The smallest absolute Gasteiger partial charge is 0.309 e. The van der Waals surface area contributed by atoms with Gasteiger partial charge in [-0.15, -0.1) is 29.1 Å². The number of piperazine rings is 1. The number of phenols is 2. The lowest BCUT2D eigenvalue weighted by Crippen LogP contribution is -2.58. The summed E-state index contributed by atoms with van der Waals surface area (Å²) in [5.74, 6) is -1.85. The van der Waals surface area contributed by atoms with E-state index in [1.54, 1.807) is 29.2 Å². The van der Waals surface area contributed by atoms with Gasteiger partial charge in [-0.2, -0.15) is 58.8 Å². The van der Waals surface area contributed by atoms with Crippen molar-refractivity contribution in [1.29, 1.82) is 0 Å². The van der Waals surface area contributed by atoms with Gasteiger partial charge in [0.1, 0.15) is 37.4 Å². The highest BCUT2D eigenvalue weighted by Gasteiger charge is 2.30. The average molecular weight is 1390 g/mol. The monoisotopic (exact) mass is 1390 g/mol. The molecule has 9 N–H and O–H groups in total. The number of thiol groups is 1. The Morgan fingerprint density at radius 1 is 0.667 bits per heavy atom. The van der Waals surface area contributed by atoms with Crippen molar-refractivity contribution >= 4 is 181 Å². The van der Waals surface area contributed by atoms with Crippen molar-refractivity contribution in [2.45, 2.75) is 31.4 Å².